The highest BCUT2D eigenvalue weighted by Gasteiger charge is 2.45. The van der Waals surface area contributed by atoms with Gasteiger partial charge in [-0.05, 0) is 52.7 Å². The molecule has 4 N–H and O–H groups in total. The van der Waals surface area contributed by atoms with Crippen LogP contribution in [0.4, 0.5) is 18.9 Å². The summed E-state index contributed by atoms with van der Waals surface area (Å²) in [5.74, 6) is -1.45. The summed E-state index contributed by atoms with van der Waals surface area (Å²) in [7, 11) is 0. The number of amidine groups is 1. The van der Waals surface area contributed by atoms with Gasteiger partial charge in [0.1, 0.15) is 17.3 Å². The number of nitrogens with one attached hydrogen (secondary N) is 2. The Hall–Kier alpha value is -2.46. The minimum atomic E-state index is -3.00. The zero-order valence-electron chi connectivity index (χ0n) is 14.8. The van der Waals surface area contributed by atoms with Crippen molar-refractivity contribution in [3.63, 3.8) is 0 Å². The first kappa shape index (κ1) is 20.3. The third-order valence-electron chi connectivity index (χ3n) is 4.36. The van der Waals surface area contributed by atoms with Gasteiger partial charge in [-0.2, -0.15) is 0 Å². The summed E-state index contributed by atoms with van der Waals surface area (Å²) in [6.45, 7) is 1.56. The number of alkyl halides is 2. The van der Waals surface area contributed by atoms with Crippen LogP contribution in [0.15, 0.2) is 39.9 Å². The molecule has 0 saturated heterocycles. The molecule has 1 aromatic carbocycles. The predicted molar refractivity (Wildman–Crippen MR) is 103 cm³/mol. The van der Waals surface area contributed by atoms with Gasteiger partial charge in [0.25, 0.3) is 12.3 Å². The van der Waals surface area contributed by atoms with E-state index in [4.69, 9.17) is 5.73 Å². The summed E-state index contributed by atoms with van der Waals surface area (Å²) in [6.07, 6.45) is -1.54. The Labute approximate surface area is 167 Å². The van der Waals surface area contributed by atoms with Crippen LogP contribution in [-0.2, 0) is 5.54 Å². The molecule has 10 heteroatoms. The third kappa shape index (κ3) is 3.88. The molecule has 1 atom stereocenters. The van der Waals surface area contributed by atoms with E-state index < -0.39 is 23.7 Å². The number of benzene rings is 1. The average molecular weight is 456 g/mol. The number of carbonyl (C=O) groups excluding carboxylic acids is 1. The number of halogens is 4. The largest absolute Gasteiger partial charge is 0.386 e. The molecule has 0 aliphatic carbocycles. The third-order valence-corrected chi connectivity index (χ3v) is 4.79. The van der Waals surface area contributed by atoms with Crippen LogP contribution in [0.25, 0.3) is 0 Å². The van der Waals surface area contributed by atoms with Gasteiger partial charge >= 0.3 is 0 Å². The fourth-order valence-corrected chi connectivity index (χ4v) is 3.46. The molecule has 2 heterocycles. The molecule has 1 aliphatic heterocycles. The molecule has 28 heavy (non-hydrogen) atoms. The second-order valence-electron chi connectivity index (χ2n) is 6.40. The number of rotatable bonds is 4. The second-order valence-corrected chi connectivity index (χ2v) is 7.32. The van der Waals surface area contributed by atoms with Crippen LogP contribution in [0.1, 0.15) is 21.6 Å². The van der Waals surface area contributed by atoms with Gasteiger partial charge in [0.15, 0.2) is 5.54 Å². The van der Waals surface area contributed by atoms with Crippen molar-refractivity contribution in [3.05, 3.63) is 57.6 Å². The van der Waals surface area contributed by atoms with Gasteiger partial charge in [-0.1, -0.05) is 0 Å². The van der Waals surface area contributed by atoms with E-state index in [0.717, 1.165) is 12.1 Å². The fourth-order valence-electron chi connectivity index (χ4n) is 3.02. The van der Waals surface area contributed by atoms with Crippen molar-refractivity contribution in [3.8, 4) is 0 Å². The maximum Gasteiger partial charge on any atom is 0.274 e. The van der Waals surface area contributed by atoms with Gasteiger partial charge in [-0.3, -0.25) is 9.79 Å². The second kappa shape index (κ2) is 7.88. The first-order chi connectivity index (χ1) is 13.2. The van der Waals surface area contributed by atoms with Crippen LogP contribution in [0, 0.1) is 12.7 Å². The molecular formula is C18H17BrF3N5O. The number of nitrogens with two attached hydrogens (primary N) is 1. The maximum atomic E-state index is 14.5. The average Bonchev–Trinajstić information content (AvgIpc) is 2.62. The highest BCUT2D eigenvalue weighted by atomic mass is 79.9. The van der Waals surface area contributed by atoms with Crippen LogP contribution in [0.3, 0.4) is 0 Å². The summed E-state index contributed by atoms with van der Waals surface area (Å²) in [6, 6.07) is 5.16. The van der Waals surface area contributed by atoms with Crippen LogP contribution in [0.5, 0.6) is 0 Å². The highest BCUT2D eigenvalue weighted by Crippen LogP contribution is 2.36. The normalized spacial score (nSPS) is 19.4. The van der Waals surface area contributed by atoms with Crippen molar-refractivity contribution in [1.82, 2.24) is 10.3 Å². The number of nitrogens with zero attached hydrogens (tertiary/aromatic N) is 2. The predicted octanol–water partition coefficient (Wildman–Crippen LogP) is 2.96. The van der Waals surface area contributed by atoms with E-state index in [-0.39, 0.29) is 35.9 Å². The summed E-state index contributed by atoms with van der Waals surface area (Å²) in [5.41, 5.74) is 4.02. The number of amides is 1. The quantitative estimate of drug-likeness (QED) is 0.660. The van der Waals surface area contributed by atoms with Gasteiger partial charge in [0.05, 0.1) is 6.54 Å². The van der Waals surface area contributed by atoms with Gasteiger partial charge < -0.3 is 16.4 Å². The van der Waals surface area contributed by atoms with Gasteiger partial charge in [-0.25, -0.2) is 18.2 Å². The molecule has 0 fully saturated rings. The Morgan fingerprint density at radius 3 is 2.79 bits per heavy atom. The number of hydrogen-bond acceptors (Lipinski definition) is 5. The van der Waals surface area contributed by atoms with E-state index in [1.165, 1.54) is 12.3 Å². The van der Waals surface area contributed by atoms with E-state index >= 15 is 0 Å². The lowest BCUT2D eigenvalue weighted by molar-refractivity contribution is 0.0491. The molecule has 0 saturated carbocycles. The molecule has 6 nitrogen and oxygen atoms in total. The van der Waals surface area contributed by atoms with Crippen molar-refractivity contribution in [1.29, 1.82) is 0 Å². The minimum Gasteiger partial charge on any atom is -0.386 e. The number of carbonyl (C=O) groups is 1. The van der Waals surface area contributed by atoms with Crippen LogP contribution in [0.2, 0.25) is 0 Å². The molecular weight excluding hydrogens is 439 g/mol. The van der Waals surface area contributed by atoms with Crippen LogP contribution in [-0.4, -0.2) is 36.2 Å². The maximum absolute atomic E-state index is 14.5. The number of aryl methyl sites for hydroxylation is 1. The minimum absolute atomic E-state index is 0.0462. The van der Waals surface area contributed by atoms with E-state index in [0.29, 0.717) is 10.0 Å². The fraction of sp³-hybridized carbons (Fsp3) is 0.278. The number of hydrogen-bond donors (Lipinski definition) is 3. The van der Waals surface area contributed by atoms with Crippen molar-refractivity contribution in [2.45, 2.75) is 18.9 Å². The SMILES string of the molecule is Cc1cc(Br)cnc1C(=O)Nc1ccc(F)c(C2(C(F)F)CNCC(N)=N2)c1. The first-order valence-corrected chi connectivity index (χ1v) is 9.09. The highest BCUT2D eigenvalue weighted by molar-refractivity contribution is 9.10. The van der Waals surface area contributed by atoms with E-state index in [1.807, 2.05) is 0 Å². The molecule has 148 valence electrons. The van der Waals surface area contributed by atoms with Crippen molar-refractivity contribution in [2.24, 2.45) is 10.7 Å². The summed E-state index contributed by atoms with van der Waals surface area (Å²) in [4.78, 5) is 20.4. The topological polar surface area (TPSA) is 92.4 Å². The van der Waals surface area contributed by atoms with E-state index in [9.17, 15) is 18.0 Å². The summed E-state index contributed by atoms with van der Waals surface area (Å²) in [5, 5.41) is 5.29. The van der Waals surface area contributed by atoms with E-state index in [1.54, 1.807) is 13.0 Å². The molecule has 3 rings (SSSR count). The van der Waals surface area contributed by atoms with Crippen molar-refractivity contribution >= 4 is 33.4 Å². The molecule has 0 spiro atoms. The Morgan fingerprint density at radius 1 is 1.39 bits per heavy atom. The Morgan fingerprint density at radius 2 is 2.14 bits per heavy atom. The zero-order valence-corrected chi connectivity index (χ0v) is 16.4. The molecule has 1 amide bonds. The smallest absolute Gasteiger partial charge is 0.274 e. The lowest BCUT2D eigenvalue weighted by atomic mass is 9.88. The Balaban J connectivity index is 1.97. The summed E-state index contributed by atoms with van der Waals surface area (Å²) < 4.78 is 43.0. The number of aromatic nitrogens is 1. The molecule has 1 aliphatic rings. The molecule has 0 radical (unpaired) electrons. The first-order valence-electron chi connectivity index (χ1n) is 8.29. The zero-order chi connectivity index (χ0) is 20.5. The number of pyridine rings is 1. The van der Waals surface area contributed by atoms with E-state index in [2.05, 4.69) is 36.5 Å². The molecule has 1 aromatic heterocycles. The van der Waals surface area contributed by atoms with Crippen molar-refractivity contribution in [2.75, 3.05) is 18.4 Å². The summed E-state index contributed by atoms with van der Waals surface area (Å²) >= 11 is 3.26. The number of aliphatic imine (C=N–C) groups is 1. The van der Waals surface area contributed by atoms with Crippen LogP contribution < -0.4 is 16.4 Å². The lowest BCUT2D eigenvalue weighted by Gasteiger charge is -2.34. The van der Waals surface area contributed by atoms with Gasteiger partial charge in [-0.15, -0.1) is 0 Å². The number of anilines is 1. The molecule has 2 aromatic rings. The standard InChI is InChI=1S/C18H17BrF3N5O/c1-9-4-10(19)6-25-15(9)16(28)26-11-2-3-13(20)12(5-11)18(17(21)22)8-24-7-14(23)27-18/h2-6,17,24H,7-8H2,1H3,(H2,23,27)(H,26,28). The Bertz CT molecular complexity index is 953. The van der Waals surface area contributed by atoms with Crippen molar-refractivity contribution < 1.29 is 18.0 Å². The molecule has 1 unspecified atom stereocenters. The van der Waals surface area contributed by atoms with Gasteiger partial charge in [0.2, 0.25) is 0 Å². The van der Waals surface area contributed by atoms with Crippen LogP contribution >= 0.6 is 15.9 Å². The molecule has 0 bridgehead atoms. The Kier molecular flexibility index (Phi) is 5.71. The lowest BCUT2D eigenvalue weighted by Crippen LogP contribution is -2.51. The monoisotopic (exact) mass is 455 g/mol. The van der Waals surface area contributed by atoms with Gasteiger partial charge in [0, 0.05) is 28.5 Å².